The zero-order valence-electron chi connectivity index (χ0n) is 89.2. The molecule has 0 saturated carbocycles. The minimum atomic E-state index is 0.346. The average Bonchev–Trinajstić information content (AvgIpc) is 0.983. The van der Waals surface area contributed by atoms with Crippen molar-refractivity contribution in [1.29, 1.82) is 0 Å². The summed E-state index contributed by atoms with van der Waals surface area (Å²) >= 11 is 0. The number of hydrogen-bond acceptors (Lipinski definition) is 5. The van der Waals surface area contributed by atoms with Crippen LogP contribution in [0.1, 0.15) is 553 Å². The van der Waals surface area contributed by atoms with Crippen LogP contribution in [-0.4, -0.2) is 28.9 Å². The molecule has 0 aliphatic carbocycles. The molecule has 5 nitrogen and oxygen atoms in total. The molecular formula is C125H220O5. The molecule has 750 valence electrons. The summed E-state index contributed by atoms with van der Waals surface area (Å²) in [6, 6.07) is 60.0. The maximum absolute atomic E-state index is 11.7. The Kier molecular flexibility index (Phi) is 122. The van der Waals surface area contributed by atoms with Gasteiger partial charge in [0.15, 0.2) is 0 Å². The Morgan fingerprint density at radius 2 is 0.200 bits per heavy atom. The SMILES string of the molecule is CCCCCCCCCCCCCC(CC)C(=O)CC.CCCCCCCCCCCCCC(CC)C(=O)CC.CCCCCCCCCCCCCC(CC)C(=O)CC.CCCCCCCCCCCCCC(CC)C(=O)CC.CCCCCCCCCCCCCC(CC)C(=O)CC.c1ccccc1.c1ccccc1.c1ccccc1.c1ccccc1.c1ccccc1. The average molecular weight is 1800 g/mol. The summed E-state index contributed by atoms with van der Waals surface area (Å²) in [6.45, 7) is 32.1. The highest BCUT2D eigenvalue weighted by Crippen LogP contribution is 2.24. The number of benzene rings is 5. The van der Waals surface area contributed by atoms with Crippen LogP contribution in [0.25, 0.3) is 0 Å². The number of unbranched alkanes of at least 4 members (excludes halogenated alkanes) is 50. The molecular weight excluding hydrogens is 1580 g/mol. The third-order valence-electron chi connectivity index (χ3n) is 25.6. The summed E-state index contributed by atoms with van der Waals surface area (Å²) < 4.78 is 0. The summed E-state index contributed by atoms with van der Waals surface area (Å²) in [5.74, 6) is 4.09. The second-order valence-electron chi connectivity index (χ2n) is 37.0. The summed E-state index contributed by atoms with van der Waals surface area (Å²) in [6.07, 6.45) is 90.5. The zero-order valence-corrected chi connectivity index (χ0v) is 89.2. The van der Waals surface area contributed by atoms with Gasteiger partial charge in [-0.2, -0.15) is 0 Å². The fraction of sp³-hybridized carbons (Fsp3) is 0.720. The van der Waals surface area contributed by atoms with Crippen molar-refractivity contribution in [2.75, 3.05) is 0 Å². The largest absolute Gasteiger partial charge is 0.299 e. The highest BCUT2D eigenvalue weighted by atomic mass is 16.1. The normalized spacial score (nSPS) is 11.5. The van der Waals surface area contributed by atoms with Gasteiger partial charge < -0.3 is 0 Å². The molecule has 0 saturated heterocycles. The van der Waals surface area contributed by atoms with E-state index in [4.69, 9.17) is 0 Å². The molecule has 130 heavy (non-hydrogen) atoms. The van der Waals surface area contributed by atoms with E-state index in [1.165, 1.54) is 353 Å². The molecule has 0 spiro atoms. The minimum absolute atomic E-state index is 0.346. The molecule has 0 aliphatic heterocycles. The third-order valence-corrected chi connectivity index (χ3v) is 25.6. The molecule has 0 fully saturated rings. The Morgan fingerprint density at radius 3 is 0.269 bits per heavy atom. The van der Waals surface area contributed by atoms with Crippen molar-refractivity contribution in [2.45, 2.75) is 553 Å². The smallest absolute Gasteiger partial charge is 0.135 e. The molecule has 5 aromatic rings. The van der Waals surface area contributed by atoms with Gasteiger partial charge in [-0.1, -0.05) is 639 Å². The first-order valence-electron chi connectivity index (χ1n) is 56.4. The highest BCUT2D eigenvalue weighted by molar-refractivity contribution is 5.82. The summed E-state index contributed by atoms with van der Waals surface area (Å²) in [7, 11) is 0. The van der Waals surface area contributed by atoms with Crippen LogP contribution in [0.2, 0.25) is 0 Å². The van der Waals surface area contributed by atoms with Crippen molar-refractivity contribution in [3.8, 4) is 0 Å². The van der Waals surface area contributed by atoms with Gasteiger partial charge in [0.2, 0.25) is 0 Å². The van der Waals surface area contributed by atoms with Crippen LogP contribution in [0.15, 0.2) is 182 Å². The van der Waals surface area contributed by atoms with Crippen LogP contribution in [0, 0.1) is 29.6 Å². The molecule has 5 rings (SSSR count). The number of hydrogen-bond donors (Lipinski definition) is 0. The van der Waals surface area contributed by atoms with E-state index in [9.17, 15) is 24.0 Å². The summed E-state index contributed by atoms with van der Waals surface area (Å²) in [5, 5.41) is 0. The minimum Gasteiger partial charge on any atom is -0.299 e. The van der Waals surface area contributed by atoms with Gasteiger partial charge in [0.1, 0.15) is 28.9 Å². The lowest BCUT2D eigenvalue weighted by Crippen LogP contribution is -2.12. The summed E-state index contributed by atoms with van der Waals surface area (Å²) in [5.41, 5.74) is 0. The van der Waals surface area contributed by atoms with Crippen molar-refractivity contribution in [3.05, 3.63) is 182 Å². The molecule has 0 aromatic heterocycles. The Bertz CT molecular complexity index is 2240. The van der Waals surface area contributed by atoms with Crippen molar-refractivity contribution >= 4 is 28.9 Å². The van der Waals surface area contributed by atoms with Crippen molar-refractivity contribution in [1.82, 2.24) is 0 Å². The van der Waals surface area contributed by atoms with Crippen LogP contribution >= 0.6 is 0 Å². The van der Waals surface area contributed by atoms with Crippen molar-refractivity contribution in [3.63, 3.8) is 0 Å². The molecule has 0 amide bonds. The Morgan fingerprint density at radius 1 is 0.123 bits per heavy atom. The van der Waals surface area contributed by atoms with E-state index in [0.717, 1.165) is 96.3 Å². The first-order valence-corrected chi connectivity index (χ1v) is 56.4. The lowest BCUT2D eigenvalue weighted by atomic mass is 9.92. The number of Topliss-reactive ketones (excluding diaryl/α,β-unsaturated/α-hetero) is 5. The molecule has 5 unspecified atom stereocenters. The van der Waals surface area contributed by atoms with Gasteiger partial charge >= 0.3 is 0 Å². The van der Waals surface area contributed by atoms with Crippen LogP contribution in [0.4, 0.5) is 0 Å². The van der Waals surface area contributed by atoms with E-state index in [1.807, 2.05) is 217 Å². The van der Waals surface area contributed by atoms with Gasteiger partial charge in [0.25, 0.3) is 0 Å². The molecule has 0 heterocycles. The van der Waals surface area contributed by atoms with Crippen LogP contribution in [-0.2, 0) is 24.0 Å². The Balaban J connectivity index is -0.000000461. The monoisotopic (exact) mass is 1800 g/mol. The summed E-state index contributed by atoms with van der Waals surface area (Å²) in [4.78, 5) is 58.3. The zero-order chi connectivity index (χ0) is 96.5. The lowest BCUT2D eigenvalue weighted by Gasteiger charge is -2.12. The molecule has 5 heteroatoms. The lowest BCUT2D eigenvalue weighted by molar-refractivity contribution is -0.123. The highest BCUT2D eigenvalue weighted by Gasteiger charge is 2.18. The topological polar surface area (TPSA) is 85.3 Å². The van der Waals surface area contributed by atoms with Crippen LogP contribution in [0.3, 0.4) is 0 Å². The van der Waals surface area contributed by atoms with E-state index in [0.29, 0.717) is 58.5 Å². The number of carbonyl (C=O) groups excluding carboxylic acids is 5. The standard InChI is InChI=1S/5C19H38O.5C6H6/c5*1-4-7-8-9-10-11-12-13-14-15-16-17-18(5-2)19(20)6-3;5*1-2-4-6-5-3-1/h5*18H,4-17H2,1-3H3;5*1-6H. The van der Waals surface area contributed by atoms with Gasteiger partial charge in [0.05, 0.1) is 0 Å². The Labute approximate surface area is 812 Å². The van der Waals surface area contributed by atoms with E-state index in [1.54, 1.807) is 0 Å². The Hall–Kier alpha value is -5.55. The molecule has 5 aromatic carbocycles. The predicted molar refractivity (Wildman–Crippen MR) is 583 cm³/mol. The number of carbonyl (C=O) groups is 5. The van der Waals surface area contributed by atoms with Crippen LogP contribution in [0.5, 0.6) is 0 Å². The first-order chi connectivity index (χ1) is 63.8. The molecule has 0 aliphatic rings. The number of ketones is 5. The van der Waals surface area contributed by atoms with E-state index in [2.05, 4.69) is 69.2 Å². The van der Waals surface area contributed by atoms with Gasteiger partial charge in [-0.15, -0.1) is 0 Å². The van der Waals surface area contributed by atoms with Crippen molar-refractivity contribution in [2.24, 2.45) is 29.6 Å². The van der Waals surface area contributed by atoms with E-state index < -0.39 is 0 Å². The fourth-order valence-electron chi connectivity index (χ4n) is 16.6. The van der Waals surface area contributed by atoms with Gasteiger partial charge in [-0.3, -0.25) is 24.0 Å². The van der Waals surface area contributed by atoms with Gasteiger partial charge in [-0.05, 0) is 64.2 Å². The van der Waals surface area contributed by atoms with Gasteiger partial charge in [0, 0.05) is 61.7 Å². The first kappa shape index (κ1) is 133. The second-order valence-corrected chi connectivity index (χ2v) is 37.0. The maximum atomic E-state index is 11.7. The number of rotatable bonds is 75. The second kappa shape index (κ2) is 120. The van der Waals surface area contributed by atoms with Gasteiger partial charge in [-0.25, -0.2) is 0 Å². The van der Waals surface area contributed by atoms with Crippen LogP contribution < -0.4 is 0 Å². The fourth-order valence-corrected chi connectivity index (χ4v) is 16.6. The third kappa shape index (κ3) is 108. The molecule has 0 N–H and O–H groups in total. The van der Waals surface area contributed by atoms with E-state index >= 15 is 0 Å². The molecule has 0 bridgehead atoms. The molecule has 0 radical (unpaired) electrons. The maximum Gasteiger partial charge on any atom is 0.135 e. The molecule has 5 atom stereocenters. The quantitative estimate of drug-likeness (QED) is 0.0362. The predicted octanol–water partition coefficient (Wildman–Crippen LogP) is 41.9. The van der Waals surface area contributed by atoms with Crippen molar-refractivity contribution < 1.29 is 24.0 Å². The van der Waals surface area contributed by atoms with E-state index in [-0.39, 0.29) is 0 Å².